The van der Waals surface area contributed by atoms with E-state index in [-0.39, 0.29) is 16.9 Å². The Morgan fingerprint density at radius 2 is 1.60 bits per heavy atom. The van der Waals surface area contributed by atoms with Crippen LogP contribution in [0.15, 0.2) is 48.5 Å². The highest BCUT2D eigenvalue weighted by molar-refractivity contribution is 5.89. The van der Waals surface area contributed by atoms with Crippen LogP contribution in [-0.4, -0.2) is 12.6 Å². The van der Waals surface area contributed by atoms with E-state index in [0.717, 1.165) is 30.5 Å². The quantitative estimate of drug-likeness (QED) is 0.770. The highest BCUT2D eigenvalue weighted by Gasteiger charge is 2.44. The molecule has 0 bridgehead atoms. The Morgan fingerprint density at radius 3 is 2.12 bits per heavy atom. The molecule has 0 saturated heterocycles. The molecule has 1 saturated carbocycles. The number of hydrogen-bond donors (Lipinski definition) is 2. The Balaban J connectivity index is 1.55. The fourth-order valence-corrected chi connectivity index (χ4v) is 2.69. The summed E-state index contributed by atoms with van der Waals surface area (Å²) in [4.78, 5) is 11.9. The van der Waals surface area contributed by atoms with E-state index in [2.05, 4.69) is 10.6 Å². The maximum absolute atomic E-state index is 13.0. The minimum Gasteiger partial charge on any atom is -0.337 e. The molecular weight excluding hydrogens is 336 g/mol. The fraction of sp³-hybridized carbons (Fsp3) is 0.278. The molecule has 2 aromatic carbocycles. The van der Waals surface area contributed by atoms with Crippen molar-refractivity contribution >= 4 is 11.7 Å². The lowest BCUT2D eigenvalue weighted by molar-refractivity contribution is -0.137. The average Bonchev–Trinajstić information content (AvgIpc) is 3.34. The van der Waals surface area contributed by atoms with Crippen LogP contribution in [0.3, 0.4) is 0 Å². The molecule has 2 amide bonds. The third-order valence-corrected chi connectivity index (χ3v) is 4.37. The van der Waals surface area contributed by atoms with Crippen molar-refractivity contribution in [2.45, 2.75) is 24.4 Å². The van der Waals surface area contributed by atoms with Gasteiger partial charge in [0.2, 0.25) is 0 Å². The lowest BCUT2D eigenvalue weighted by atomic mass is 9.96. The second kappa shape index (κ2) is 6.38. The summed E-state index contributed by atoms with van der Waals surface area (Å²) in [5, 5.41) is 5.23. The van der Waals surface area contributed by atoms with Crippen LogP contribution in [0.25, 0.3) is 0 Å². The molecule has 132 valence electrons. The minimum absolute atomic E-state index is 0.189. The normalized spacial score (nSPS) is 15.5. The molecule has 7 heteroatoms. The van der Waals surface area contributed by atoms with Gasteiger partial charge in [-0.15, -0.1) is 0 Å². The SMILES string of the molecule is O=C(NCC1(c2ccc(F)cc2)CC1)Nc1ccc(C(F)(F)F)cc1. The Bertz CT molecular complexity index is 750. The number of anilines is 1. The average molecular weight is 352 g/mol. The van der Waals surface area contributed by atoms with Crippen LogP contribution < -0.4 is 10.6 Å². The first-order valence-electron chi connectivity index (χ1n) is 7.77. The van der Waals surface area contributed by atoms with Crippen LogP contribution in [-0.2, 0) is 11.6 Å². The lowest BCUT2D eigenvalue weighted by Crippen LogP contribution is -2.35. The number of carbonyl (C=O) groups is 1. The zero-order chi connectivity index (χ0) is 18.1. The Labute approximate surface area is 142 Å². The highest BCUT2D eigenvalue weighted by atomic mass is 19.4. The molecule has 3 nitrogen and oxygen atoms in total. The predicted molar refractivity (Wildman–Crippen MR) is 85.8 cm³/mol. The summed E-state index contributed by atoms with van der Waals surface area (Å²) < 4.78 is 50.5. The molecule has 25 heavy (non-hydrogen) atoms. The van der Waals surface area contributed by atoms with Gasteiger partial charge in [0.15, 0.2) is 0 Å². The summed E-state index contributed by atoms with van der Waals surface area (Å²) in [6.07, 6.45) is -2.63. The number of halogens is 4. The van der Waals surface area contributed by atoms with Gasteiger partial charge in [0.25, 0.3) is 0 Å². The molecule has 0 spiro atoms. The summed E-state index contributed by atoms with van der Waals surface area (Å²) in [7, 11) is 0. The van der Waals surface area contributed by atoms with Gasteiger partial charge < -0.3 is 10.6 Å². The zero-order valence-electron chi connectivity index (χ0n) is 13.2. The van der Waals surface area contributed by atoms with Crippen molar-refractivity contribution in [3.8, 4) is 0 Å². The van der Waals surface area contributed by atoms with Crippen LogP contribution in [0, 0.1) is 5.82 Å². The van der Waals surface area contributed by atoms with Gasteiger partial charge in [-0.2, -0.15) is 13.2 Å². The number of urea groups is 1. The van der Waals surface area contributed by atoms with Crippen LogP contribution in [0.5, 0.6) is 0 Å². The van der Waals surface area contributed by atoms with Gasteiger partial charge in [-0.25, -0.2) is 9.18 Å². The van der Waals surface area contributed by atoms with Crippen molar-refractivity contribution in [1.82, 2.24) is 5.32 Å². The molecule has 1 aliphatic rings. The molecule has 1 fully saturated rings. The Hall–Kier alpha value is -2.57. The Morgan fingerprint density at radius 1 is 1.00 bits per heavy atom. The molecule has 0 aliphatic heterocycles. The lowest BCUT2D eigenvalue weighted by Gasteiger charge is -2.17. The van der Waals surface area contributed by atoms with Gasteiger partial charge in [-0.1, -0.05) is 12.1 Å². The van der Waals surface area contributed by atoms with Gasteiger partial charge in [0, 0.05) is 17.6 Å². The number of carbonyl (C=O) groups excluding carboxylic acids is 1. The second-order valence-corrected chi connectivity index (χ2v) is 6.17. The maximum atomic E-state index is 13.0. The molecule has 3 rings (SSSR count). The highest BCUT2D eigenvalue weighted by Crippen LogP contribution is 2.47. The smallest absolute Gasteiger partial charge is 0.337 e. The second-order valence-electron chi connectivity index (χ2n) is 6.17. The number of rotatable bonds is 4. The van der Waals surface area contributed by atoms with E-state index in [4.69, 9.17) is 0 Å². The van der Waals surface area contributed by atoms with Crippen molar-refractivity contribution in [3.05, 3.63) is 65.5 Å². The summed E-state index contributed by atoms with van der Waals surface area (Å²) in [6, 6.07) is 9.93. The molecule has 0 aromatic heterocycles. The van der Waals surface area contributed by atoms with Crippen LogP contribution in [0.2, 0.25) is 0 Å². The van der Waals surface area contributed by atoms with Crippen molar-refractivity contribution in [1.29, 1.82) is 0 Å². The number of nitrogens with one attached hydrogen (secondary N) is 2. The first kappa shape index (κ1) is 17.3. The first-order valence-corrected chi connectivity index (χ1v) is 7.77. The summed E-state index contributed by atoms with van der Waals surface area (Å²) in [6.45, 7) is 0.380. The van der Waals surface area contributed by atoms with E-state index in [1.54, 1.807) is 12.1 Å². The molecular formula is C18H16F4N2O. The fourth-order valence-electron chi connectivity index (χ4n) is 2.69. The monoisotopic (exact) mass is 352 g/mol. The predicted octanol–water partition coefficient (Wildman–Crippen LogP) is 4.70. The van der Waals surface area contributed by atoms with Gasteiger partial charge in [0.05, 0.1) is 5.56 Å². The molecule has 1 aliphatic carbocycles. The number of amides is 2. The molecule has 0 atom stereocenters. The first-order chi connectivity index (χ1) is 11.8. The molecule has 0 radical (unpaired) electrons. The topological polar surface area (TPSA) is 41.1 Å². The summed E-state index contributed by atoms with van der Waals surface area (Å²) in [5.41, 5.74) is 0.276. The summed E-state index contributed by atoms with van der Waals surface area (Å²) >= 11 is 0. The van der Waals surface area contributed by atoms with Crippen LogP contribution in [0.1, 0.15) is 24.0 Å². The number of alkyl halides is 3. The molecule has 2 N–H and O–H groups in total. The largest absolute Gasteiger partial charge is 0.416 e. The van der Waals surface area contributed by atoms with E-state index < -0.39 is 17.8 Å². The number of benzene rings is 2. The van der Waals surface area contributed by atoms with Crippen molar-refractivity contribution in [3.63, 3.8) is 0 Å². The van der Waals surface area contributed by atoms with Crippen molar-refractivity contribution < 1.29 is 22.4 Å². The van der Waals surface area contributed by atoms with Crippen LogP contribution in [0.4, 0.5) is 28.0 Å². The zero-order valence-corrected chi connectivity index (χ0v) is 13.2. The van der Waals surface area contributed by atoms with E-state index in [1.165, 1.54) is 24.3 Å². The van der Waals surface area contributed by atoms with Gasteiger partial charge in [0.1, 0.15) is 5.82 Å². The van der Waals surface area contributed by atoms with Gasteiger partial charge in [-0.05, 0) is 54.8 Å². The molecule has 0 unspecified atom stereocenters. The van der Waals surface area contributed by atoms with Crippen molar-refractivity contribution in [2.24, 2.45) is 0 Å². The van der Waals surface area contributed by atoms with Crippen LogP contribution >= 0.6 is 0 Å². The van der Waals surface area contributed by atoms with Gasteiger partial charge in [-0.3, -0.25) is 0 Å². The maximum Gasteiger partial charge on any atom is 0.416 e. The molecule has 0 heterocycles. The Kier molecular flexibility index (Phi) is 4.41. The number of hydrogen-bond acceptors (Lipinski definition) is 1. The van der Waals surface area contributed by atoms with Gasteiger partial charge >= 0.3 is 12.2 Å². The minimum atomic E-state index is -4.41. The third kappa shape index (κ3) is 4.10. The van der Waals surface area contributed by atoms with Crippen molar-refractivity contribution in [2.75, 3.05) is 11.9 Å². The van der Waals surface area contributed by atoms with E-state index in [1.807, 2.05) is 0 Å². The van der Waals surface area contributed by atoms with E-state index in [0.29, 0.717) is 6.54 Å². The standard InChI is InChI=1S/C18H16F4N2O/c19-14-5-1-12(2-6-14)17(9-10-17)11-23-16(25)24-15-7-3-13(4-8-15)18(20,21)22/h1-8H,9-11H2,(H2,23,24,25). The molecule has 2 aromatic rings. The van der Waals surface area contributed by atoms with E-state index >= 15 is 0 Å². The third-order valence-electron chi connectivity index (χ3n) is 4.37. The summed E-state index contributed by atoms with van der Waals surface area (Å²) in [5.74, 6) is -0.312. The van der Waals surface area contributed by atoms with E-state index in [9.17, 15) is 22.4 Å².